The van der Waals surface area contributed by atoms with Gasteiger partial charge in [-0.05, 0) is 41.8 Å². The minimum atomic E-state index is -1.23. The first-order valence-electron chi connectivity index (χ1n) is 4.87. The Kier molecular flexibility index (Phi) is 4.53. The Hall–Kier alpha value is -0.380. The van der Waals surface area contributed by atoms with Crippen molar-refractivity contribution in [1.82, 2.24) is 0 Å². The van der Waals surface area contributed by atoms with Crippen LogP contribution < -0.4 is 0 Å². The van der Waals surface area contributed by atoms with Gasteiger partial charge >= 0.3 is 0 Å². The Bertz CT molecular complexity index is 404. The monoisotopic (exact) mass is 306 g/mol. The molecule has 0 saturated heterocycles. The molecule has 0 aliphatic rings. The average molecular weight is 308 g/mol. The maximum atomic E-state index is 13.8. The minimum absolute atomic E-state index is 0.00335. The molecule has 0 aliphatic heterocycles. The number of rotatable bonds is 4. The Labute approximate surface area is 108 Å². The van der Waals surface area contributed by atoms with Gasteiger partial charge in [0.1, 0.15) is 5.82 Å². The first kappa shape index (κ1) is 13.7. The van der Waals surface area contributed by atoms with Crippen LogP contribution in [-0.2, 0) is 5.60 Å². The van der Waals surface area contributed by atoms with E-state index in [2.05, 4.69) is 22.5 Å². The molecule has 1 aromatic carbocycles. The second-order valence-electron chi connectivity index (χ2n) is 3.82. The van der Waals surface area contributed by atoms with Gasteiger partial charge in [0.15, 0.2) is 0 Å². The Balaban J connectivity index is 3.12. The summed E-state index contributed by atoms with van der Waals surface area (Å²) < 4.78 is 14.3. The molecule has 0 amide bonds. The van der Waals surface area contributed by atoms with Crippen LogP contribution in [0.3, 0.4) is 0 Å². The van der Waals surface area contributed by atoms with E-state index in [1.165, 1.54) is 6.07 Å². The lowest BCUT2D eigenvalue weighted by Gasteiger charge is -2.24. The first-order valence-corrected chi connectivity index (χ1v) is 6.04. The third-order valence-corrected chi connectivity index (χ3v) is 3.71. The lowest BCUT2D eigenvalue weighted by atomic mass is 9.91. The number of hydrogen-bond acceptors (Lipinski definition) is 1. The molecule has 16 heavy (non-hydrogen) atoms. The molecule has 0 heterocycles. The molecule has 4 heteroatoms. The van der Waals surface area contributed by atoms with Gasteiger partial charge in [-0.1, -0.05) is 23.7 Å². The molecule has 88 valence electrons. The van der Waals surface area contributed by atoms with Crippen LogP contribution in [0.15, 0.2) is 29.3 Å². The summed E-state index contributed by atoms with van der Waals surface area (Å²) in [6, 6.07) is 3.16. The van der Waals surface area contributed by atoms with Crippen molar-refractivity contribution >= 4 is 27.5 Å². The zero-order chi connectivity index (χ0) is 12.3. The van der Waals surface area contributed by atoms with E-state index in [9.17, 15) is 9.50 Å². The maximum absolute atomic E-state index is 13.8. The van der Waals surface area contributed by atoms with Crippen molar-refractivity contribution in [3.8, 4) is 0 Å². The SMILES string of the molecule is C=CCCC(C)(O)c1ccc(Br)c(Cl)c1F. The lowest BCUT2D eigenvalue weighted by molar-refractivity contribution is 0.0451. The number of allylic oxidation sites excluding steroid dienone is 1. The zero-order valence-electron chi connectivity index (χ0n) is 8.93. The topological polar surface area (TPSA) is 20.2 Å². The van der Waals surface area contributed by atoms with Gasteiger partial charge in [-0.25, -0.2) is 4.39 Å². The van der Waals surface area contributed by atoms with Crippen LogP contribution in [0.2, 0.25) is 5.02 Å². The van der Waals surface area contributed by atoms with Crippen molar-refractivity contribution in [3.63, 3.8) is 0 Å². The van der Waals surface area contributed by atoms with Crippen molar-refractivity contribution in [2.75, 3.05) is 0 Å². The van der Waals surface area contributed by atoms with E-state index in [-0.39, 0.29) is 10.6 Å². The minimum Gasteiger partial charge on any atom is -0.385 e. The zero-order valence-corrected chi connectivity index (χ0v) is 11.3. The lowest BCUT2D eigenvalue weighted by Crippen LogP contribution is -2.22. The molecule has 1 unspecified atom stereocenters. The highest BCUT2D eigenvalue weighted by Crippen LogP contribution is 2.34. The van der Waals surface area contributed by atoms with E-state index >= 15 is 0 Å². The molecule has 1 nitrogen and oxygen atoms in total. The van der Waals surface area contributed by atoms with Crippen LogP contribution in [0.4, 0.5) is 4.39 Å². The predicted molar refractivity (Wildman–Crippen MR) is 68.1 cm³/mol. The summed E-state index contributed by atoms with van der Waals surface area (Å²) in [5.41, 5.74) is -1.02. The molecule has 0 aromatic heterocycles. The van der Waals surface area contributed by atoms with Crippen LogP contribution in [-0.4, -0.2) is 5.11 Å². The summed E-state index contributed by atoms with van der Waals surface area (Å²) in [4.78, 5) is 0. The van der Waals surface area contributed by atoms with Gasteiger partial charge in [0.05, 0.1) is 10.6 Å². The van der Waals surface area contributed by atoms with Gasteiger partial charge in [-0.3, -0.25) is 0 Å². The first-order chi connectivity index (χ1) is 7.40. The molecule has 0 radical (unpaired) electrons. The molecular weight excluding hydrogens is 294 g/mol. The summed E-state index contributed by atoms with van der Waals surface area (Å²) in [5.74, 6) is -0.579. The predicted octanol–water partition coefficient (Wildman–Crippen LogP) is 4.42. The fraction of sp³-hybridized carbons (Fsp3) is 0.333. The van der Waals surface area contributed by atoms with E-state index in [0.717, 1.165) is 0 Å². The van der Waals surface area contributed by atoms with Crippen molar-refractivity contribution in [1.29, 1.82) is 0 Å². The molecule has 1 N–H and O–H groups in total. The van der Waals surface area contributed by atoms with Gasteiger partial charge in [-0.2, -0.15) is 0 Å². The van der Waals surface area contributed by atoms with Crippen molar-refractivity contribution in [2.24, 2.45) is 0 Å². The van der Waals surface area contributed by atoms with E-state index < -0.39 is 11.4 Å². The molecule has 1 aromatic rings. The molecule has 1 atom stereocenters. The van der Waals surface area contributed by atoms with Crippen LogP contribution in [0, 0.1) is 5.82 Å². The third-order valence-electron chi connectivity index (χ3n) is 2.45. The van der Waals surface area contributed by atoms with Gasteiger partial charge in [0.2, 0.25) is 0 Å². The van der Waals surface area contributed by atoms with E-state index in [0.29, 0.717) is 17.3 Å². The summed E-state index contributed by atoms with van der Waals surface area (Å²) >= 11 is 8.90. The van der Waals surface area contributed by atoms with Crippen LogP contribution in [0.1, 0.15) is 25.3 Å². The number of hydrogen-bond donors (Lipinski definition) is 1. The highest BCUT2D eigenvalue weighted by Gasteiger charge is 2.27. The average Bonchev–Trinajstić information content (AvgIpc) is 2.23. The van der Waals surface area contributed by atoms with Crippen molar-refractivity contribution in [2.45, 2.75) is 25.4 Å². The number of benzene rings is 1. The molecular formula is C12H13BrClFO. The smallest absolute Gasteiger partial charge is 0.149 e. The van der Waals surface area contributed by atoms with Gasteiger partial charge in [0.25, 0.3) is 0 Å². The van der Waals surface area contributed by atoms with E-state index in [4.69, 9.17) is 11.6 Å². The summed E-state index contributed by atoms with van der Waals surface area (Å²) in [7, 11) is 0. The fourth-order valence-electron chi connectivity index (χ4n) is 1.46. The second kappa shape index (κ2) is 5.30. The summed E-state index contributed by atoms with van der Waals surface area (Å²) in [6.07, 6.45) is 2.71. The molecule has 1 rings (SSSR count). The Morgan fingerprint density at radius 2 is 2.25 bits per heavy atom. The largest absolute Gasteiger partial charge is 0.385 e. The standard InChI is InChI=1S/C12H13BrClFO/c1-3-4-7-12(2,16)8-5-6-9(13)10(14)11(8)15/h3,5-6,16H,1,4,7H2,2H3. The molecule has 0 aliphatic carbocycles. The number of halogens is 3. The van der Waals surface area contributed by atoms with Crippen LogP contribution in [0.25, 0.3) is 0 Å². The highest BCUT2D eigenvalue weighted by atomic mass is 79.9. The van der Waals surface area contributed by atoms with Crippen LogP contribution >= 0.6 is 27.5 Å². The van der Waals surface area contributed by atoms with Gasteiger partial charge in [0, 0.05) is 10.0 Å². The van der Waals surface area contributed by atoms with E-state index in [1.54, 1.807) is 19.1 Å². The van der Waals surface area contributed by atoms with Crippen molar-refractivity contribution < 1.29 is 9.50 Å². The maximum Gasteiger partial charge on any atom is 0.149 e. The molecule has 0 saturated carbocycles. The number of aliphatic hydroxyl groups is 1. The van der Waals surface area contributed by atoms with Gasteiger partial charge < -0.3 is 5.11 Å². The normalized spacial score (nSPS) is 14.6. The molecule has 0 fully saturated rings. The van der Waals surface area contributed by atoms with Crippen LogP contribution in [0.5, 0.6) is 0 Å². The van der Waals surface area contributed by atoms with E-state index in [1.807, 2.05) is 0 Å². The highest BCUT2D eigenvalue weighted by molar-refractivity contribution is 9.10. The molecule has 0 spiro atoms. The third kappa shape index (κ3) is 2.84. The Morgan fingerprint density at radius 1 is 1.62 bits per heavy atom. The molecule has 0 bridgehead atoms. The Morgan fingerprint density at radius 3 is 2.81 bits per heavy atom. The summed E-state index contributed by atoms with van der Waals surface area (Å²) in [6.45, 7) is 5.14. The second-order valence-corrected chi connectivity index (χ2v) is 5.06. The fourth-order valence-corrected chi connectivity index (χ4v) is 1.93. The van der Waals surface area contributed by atoms with Crippen molar-refractivity contribution in [3.05, 3.63) is 45.7 Å². The van der Waals surface area contributed by atoms with Gasteiger partial charge in [-0.15, -0.1) is 6.58 Å². The summed E-state index contributed by atoms with van der Waals surface area (Å²) in [5, 5.41) is 10.1. The quantitative estimate of drug-likeness (QED) is 0.645.